The van der Waals surface area contributed by atoms with E-state index in [0.29, 0.717) is 4.31 Å². The van der Waals surface area contributed by atoms with Gasteiger partial charge in [0, 0.05) is 31.4 Å². The van der Waals surface area contributed by atoms with Crippen molar-refractivity contribution < 1.29 is 26.5 Å². The van der Waals surface area contributed by atoms with Gasteiger partial charge >= 0.3 is 11.9 Å². The lowest BCUT2D eigenvalue weighted by Crippen LogP contribution is -2.50. The van der Waals surface area contributed by atoms with E-state index in [1.165, 1.54) is 18.3 Å². The molecule has 2 rings (SSSR count). The molecule has 1 aliphatic heterocycles. The molecule has 0 radical (unpaired) electrons. The number of hydrogen-bond acceptors (Lipinski definition) is 6. The first-order chi connectivity index (χ1) is 11.5. The zero-order chi connectivity index (χ0) is 18.8. The van der Waals surface area contributed by atoms with Gasteiger partial charge in [-0.1, -0.05) is 0 Å². The van der Waals surface area contributed by atoms with Gasteiger partial charge in [0.1, 0.15) is 6.54 Å². The molecule has 0 unspecified atom stereocenters. The fourth-order valence-corrected chi connectivity index (χ4v) is 3.97. The highest BCUT2D eigenvalue weighted by Gasteiger charge is 2.40. The largest absolute Gasteiger partial charge is 0.402 e. The van der Waals surface area contributed by atoms with E-state index in [2.05, 4.69) is 4.98 Å². The summed E-state index contributed by atoms with van der Waals surface area (Å²) >= 11 is 0. The van der Waals surface area contributed by atoms with E-state index in [0.717, 1.165) is 6.26 Å². The molecular weight excluding hydrogens is 365 g/mol. The van der Waals surface area contributed by atoms with Crippen molar-refractivity contribution in [3.63, 3.8) is 0 Å². The summed E-state index contributed by atoms with van der Waals surface area (Å²) in [6, 6.07) is 1.90. The quantitative estimate of drug-likeness (QED) is 0.569. The number of sulfonamides is 1. The van der Waals surface area contributed by atoms with Crippen LogP contribution in [0, 0.1) is 10.1 Å². The molecule has 1 aromatic rings. The molecule has 0 aromatic carbocycles. The van der Waals surface area contributed by atoms with Crippen molar-refractivity contribution in [2.24, 2.45) is 0 Å². The molecule has 1 aliphatic rings. The zero-order valence-corrected chi connectivity index (χ0v) is 14.1. The van der Waals surface area contributed by atoms with Gasteiger partial charge in [0.2, 0.25) is 15.8 Å². The summed E-state index contributed by atoms with van der Waals surface area (Å²) < 4.78 is 61.9. The third kappa shape index (κ3) is 5.01. The fourth-order valence-electron chi connectivity index (χ4n) is 2.83. The number of aromatic nitrogens is 1. The Morgan fingerprint density at radius 2 is 2.00 bits per heavy atom. The van der Waals surface area contributed by atoms with Crippen LogP contribution < -0.4 is 4.90 Å². The van der Waals surface area contributed by atoms with E-state index in [-0.39, 0.29) is 37.4 Å². The van der Waals surface area contributed by atoms with Gasteiger partial charge < -0.3 is 4.90 Å². The minimum absolute atomic E-state index is 0.122. The SMILES string of the molecule is CS(=O)(=O)N(CC(F)(F)F)C1CCN(c2ncccc2[N+](=O)[O-])CC1. The third-order valence-electron chi connectivity index (χ3n) is 3.90. The Kier molecular flexibility index (Phi) is 5.52. The normalized spacial score (nSPS) is 17.1. The van der Waals surface area contributed by atoms with Crippen molar-refractivity contribution in [1.82, 2.24) is 9.29 Å². The van der Waals surface area contributed by atoms with Crippen LogP contribution in [0.15, 0.2) is 18.3 Å². The zero-order valence-electron chi connectivity index (χ0n) is 13.3. The van der Waals surface area contributed by atoms with Crippen LogP contribution in [-0.4, -0.2) is 60.7 Å². The summed E-state index contributed by atoms with van der Waals surface area (Å²) in [5.41, 5.74) is -0.198. The molecule has 0 atom stereocenters. The first-order valence-electron chi connectivity index (χ1n) is 7.37. The van der Waals surface area contributed by atoms with Crippen LogP contribution in [0.25, 0.3) is 0 Å². The second-order valence-corrected chi connectivity index (χ2v) is 7.68. The Balaban J connectivity index is 2.14. The Bertz CT molecular complexity index is 733. The van der Waals surface area contributed by atoms with Gasteiger partial charge in [0.05, 0.1) is 11.2 Å². The van der Waals surface area contributed by atoms with Gasteiger partial charge in [-0.05, 0) is 18.9 Å². The predicted molar refractivity (Wildman–Crippen MR) is 83.7 cm³/mol. The van der Waals surface area contributed by atoms with E-state index >= 15 is 0 Å². The van der Waals surface area contributed by atoms with E-state index in [4.69, 9.17) is 0 Å². The van der Waals surface area contributed by atoms with Gasteiger partial charge in [-0.3, -0.25) is 10.1 Å². The molecule has 8 nitrogen and oxygen atoms in total. The number of pyridine rings is 1. The van der Waals surface area contributed by atoms with Crippen molar-refractivity contribution in [3.05, 3.63) is 28.4 Å². The topological polar surface area (TPSA) is 96.7 Å². The van der Waals surface area contributed by atoms with Crippen molar-refractivity contribution in [1.29, 1.82) is 0 Å². The lowest BCUT2D eigenvalue weighted by molar-refractivity contribution is -0.384. The smallest absolute Gasteiger partial charge is 0.351 e. The maximum atomic E-state index is 12.7. The average Bonchev–Trinajstić information content (AvgIpc) is 2.51. The van der Waals surface area contributed by atoms with Crippen LogP contribution in [0.2, 0.25) is 0 Å². The third-order valence-corrected chi connectivity index (χ3v) is 5.17. The van der Waals surface area contributed by atoms with E-state index in [1.807, 2.05) is 0 Å². The second-order valence-electron chi connectivity index (χ2n) is 5.74. The van der Waals surface area contributed by atoms with E-state index in [1.54, 1.807) is 4.90 Å². The molecule has 25 heavy (non-hydrogen) atoms. The Hall–Kier alpha value is -1.95. The van der Waals surface area contributed by atoms with Gasteiger partial charge in [0.15, 0.2) is 0 Å². The summed E-state index contributed by atoms with van der Waals surface area (Å²) in [4.78, 5) is 16.0. The van der Waals surface area contributed by atoms with Crippen LogP contribution in [-0.2, 0) is 10.0 Å². The molecule has 0 N–H and O–H groups in total. The number of halogens is 3. The van der Waals surface area contributed by atoms with Crippen LogP contribution in [0.5, 0.6) is 0 Å². The number of rotatable bonds is 5. The monoisotopic (exact) mass is 382 g/mol. The molecule has 0 spiro atoms. The number of nitro groups is 1. The van der Waals surface area contributed by atoms with Gasteiger partial charge in [-0.25, -0.2) is 13.4 Å². The Morgan fingerprint density at radius 3 is 2.48 bits per heavy atom. The van der Waals surface area contributed by atoms with Crippen molar-refractivity contribution >= 4 is 21.5 Å². The molecule has 1 fully saturated rings. The predicted octanol–water partition coefficient (Wildman–Crippen LogP) is 1.78. The maximum absolute atomic E-state index is 12.7. The van der Waals surface area contributed by atoms with Crippen LogP contribution in [0.4, 0.5) is 24.7 Å². The van der Waals surface area contributed by atoms with Crippen molar-refractivity contribution in [2.45, 2.75) is 25.1 Å². The fraction of sp³-hybridized carbons (Fsp3) is 0.615. The molecular formula is C13H17F3N4O4S. The van der Waals surface area contributed by atoms with Crippen molar-refractivity contribution in [2.75, 3.05) is 30.8 Å². The first-order valence-corrected chi connectivity index (χ1v) is 9.22. The Labute approximate surface area is 142 Å². The minimum atomic E-state index is -4.64. The molecule has 0 saturated carbocycles. The summed E-state index contributed by atoms with van der Waals surface area (Å²) in [5, 5.41) is 11.1. The van der Waals surface area contributed by atoms with Gasteiger partial charge in [-0.2, -0.15) is 17.5 Å². The van der Waals surface area contributed by atoms with Crippen molar-refractivity contribution in [3.8, 4) is 0 Å². The van der Waals surface area contributed by atoms with Gasteiger partial charge in [0.25, 0.3) is 0 Å². The lowest BCUT2D eigenvalue weighted by atomic mass is 10.0. The molecule has 12 heteroatoms. The molecule has 2 heterocycles. The number of anilines is 1. The summed E-state index contributed by atoms with van der Waals surface area (Å²) in [7, 11) is -4.03. The molecule has 0 aliphatic carbocycles. The number of hydrogen-bond donors (Lipinski definition) is 0. The van der Waals surface area contributed by atoms with E-state index < -0.39 is 33.7 Å². The summed E-state index contributed by atoms with van der Waals surface area (Å²) in [6.07, 6.45) is -2.26. The lowest BCUT2D eigenvalue weighted by Gasteiger charge is -2.37. The highest BCUT2D eigenvalue weighted by molar-refractivity contribution is 7.88. The summed E-state index contributed by atoms with van der Waals surface area (Å²) in [6.45, 7) is -1.20. The number of piperidine rings is 1. The standard InChI is InChI=1S/C13H17F3N4O4S/c1-25(23,24)19(9-13(14,15)16)10-4-7-18(8-5-10)12-11(20(21)22)3-2-6-17-12/h2-3,6,10H,4-5,7-9H2,1H3. The number of nitrogens with zero attached hydrogens (tertiary/aromatic N) is 4. The molecule has 140 valence electrons. The van der Waals surface area contributed by atoms with Crippen LogP contribution >= 0.6 is 0 Å². The molecule has 0 amide bonds. The van der Waals surface area contributed by atoms with Crippen LogP contribution in [0.3, 0.4) is 0 Å². The minimum Gasteiger partial charge on any atom is -0.351 e. The second kappa shape index (κ2) is 7.12. The Morgan fingerprint density at radius 1 is 1.40 bits per heavy atom. The van der Waals surface area contributed by atoms with Crippen LogP contribution in [0.1, 0.15) is 12.8 Å². The summed E-state index contributed by atoms with van der Waals surface area (Å²) in [5.74, 6) is 0.132. The average molecular weight is 382 g/mol. The maximum Gasteiger partial charge on any atom is 0.402 e. The molecule has 0 bridgehead atoms. The first kappa shape index (κ1) is 19.4. The van der Waals surface area contributed by atoms with Gasteiger partial charge in [-0.15, -0.1) is 0 Å². The highest BCUT2D eigenvalue weighted by atomic mass is 32.2. The number of alkyl halides is 3. The van der Waals surface area contributed by atoms with E-state index in [9.17, 15) is 31.7 Å². The molecule has 1 aromatic heterocycles. The highest BCUT2D eigenvalue weighted by Crippen LogP contribution is 2.30. The molecule has 1 saturated heterocycles.